The van der Waals surface area contributed by atoms with Crippen molar-refractivity contribution in [2.75, 3.05) is 13.4 Å². The predicted molar refractivity (Wildman–Crippen MR) is 109 cm³/mol. The zero-order valence-corrected chi connectivity index (χ0v) is 17.1. The number of rotatable bonds is 6. The topological polar surface area (TPSA) is 87.0 Å². The van der Waals surface area contributed by atoms with Crippen molar-refractivity contribution >= 4 is 22.8 Å². The summed E-state index contributed by atoms with van der Waals surface area (Å²) >= 11 is 0. The van der Waals surface area contributed by atoms with Gasteiger partial charge in [0.1, 0.15) is 5.58 Å². The van der Waals surface area contributed by atoms with Crippen LogP contribution in [0.3, 0.4) is 0 Å². The van der Waals surface area contributed by atoms with Gasteiger partial charge < -0.3 is 23.9 Å². The van der Waals surface area contributed by atoms with Crippen LogP contribution in [0.2, 0.25) is 0 Å². The highest BCUT2D eigenvalue weighted by Crippen LogP contribution is 2.34. The average molecular weight is 409 g/mol. The van der Waals surface area contributed by atoms with E-state index in [9.17, 15) is 9.59 Å². The van der Waals surface area contributed by atoms with Crippen molar-refractivity contribution in [3.05, 3.63) is 58.8 Å². The van der Waals surface area contributed by atoms with E-state index in [-0.39, 0.29) is 31.8 Å². The van der Waals surface area contributed by atoms with E-state index < -0.39 is 5.97 Å². The Morgan fingerprint density at radius 2 is 1.87 bits per heavy atom. The molecule has 0 spiro atoms. The average Bonchev–Trinajstić information content (AvgIpc) is 3.33. The fourth-order valence-corrected chi connectivity index (χ4v) is 3.37. The van der Waals surface area contributed by atoms with Crippen LogP contribution in [0.15, 0.2) is 41.0 Å². The number of ether oxygens (including phenoxy) is 3. The van der Waals surface area contributed by atoms with Crippen LogP contribution in [-0.2, 0) is 20.7 Å². The van der Waals surface area contributed by atoms with Crippen LogP contribution in [0.5, 0.6) is 11.5 Å². The van der Waals surface area contributed by atoms with Crippen molar-refractivity contribution in [2.45, 2.75) is 33.2 Å². The molecule has 156 valence electrons. The first-order chi connectivity index (χ1) is 14.4. The lowest BCUT2D eigenvalue weighted by atomic mass is 10.0. The number of furan rings is 1. The van der Waals surface area contributed by atoms with Gasteiger partial charge in [0.25, 0.3) is 5.91 Å². The first-order valence-corrected chi connectivity index (χ1v) is 9.72. The molecule has 1 atom stereocenters. The molecule has 0 saturated carbocycles. The van der Waals surface area contributed by atoms with Gasteiger partial charge in [-0.1, -0.05) is 6.07 Å². The van der Waals surface area contributed by atoms with Crippen molar-refractivity contribution in [1.82, 2.24) is 5.32 Å². The van der Waals surface area contributed by atoms with E-state index in [1.807, 2.05) is 45.0 Å². The van der Waals surface area contributed by atoms with Crippen molar-refractivity contribution in [2.24, 2.45) is 0 Å². The van der Waals surface area contributed by atoms with Gasteiger partial charge in [-0.2, -0.15) is 0 Å². The smallest absolute Gasteiger partial charge is 0.310 e. The van der Waals surface area contributed by atoms with Crippen LogP contribution < -0.4 is 14.8 Å². The molecule has 1 aliphatic heterocycles. The Bertz CT molecular complexity index is 1120. The summed E-state index contributed by atoms with van der Waals surface area (Å²) in [5.41, 5.74) is 4.59. The molecular weight excluding hydrogens is 386 g/mol. The van der Waals surface area contributed by atoms with E-state index >= 15 is 0 Å². The molecule has 7 heteroatoms. The molecule has 1 aliphatic rings. The summed E-state index contributed by atoms with van der Waals surface area (Å²) in [6, 6.07) is 9.17. The van der Waals surface area contributed by atoms with Gasteiger partial charge >= 0.3 is 5.97 Å². The monoisotopic (exact) mass is 409 g/mol. The molecule has 2 aromatic carbocycles. The van der Waals surface area contributed by atoms with Crippen LogP contribution in [0.4, 0.5) is 0 Å². The third kappa shape index (κ3) is 4.10. The van der Waals surface area contributed by atoms with Crippen molar-refractivity contribution < 1.29 is 28.2 Å². The Kier molecular flexibility index (Phi) is 5.35. The normalized spacial score (nSPS) is 13.3. The van der Waals surface area contributed by atoms with Gasteiger partial charge in [-0.05, 0) is 61.7 Å². The molecule has 7 nitrogen and oxygen atoms in total. The zero-order valence-electron chi connectivity index (χ0n) is 17.1. The molecule has 1 N–H and O–H groups in total. The van der Waals surface area contributed by atoms with Crippen LogP contribution in [0.25, 0.3) is 11.0 Å². The largest absolute Gasteiger partial charge is 0.464 e. The molecule has 2 heterocycles. The lowest BCUT2D eigenvalue weighted by Gasteiger charge is -2.15. The van der Waals surface area contributed by atoms with E-state index in [0.717, 1.165) is 33.2 Å². The van der Waals surface area contributed by atoms with E-state index in [0.29, 0.717) is 11.5 Å². The predicted octanol–water partition coefficient (Wildman–Crippen LogP) is 3.74. The highest BCUT2D eigenvalue weighted by molar-refractivity contribution is 5.87. The molecule has 0 saturated heterocycles. The van der Waals surface area contributed by atoms with Crippen LogP contribution in [0, 0.1) is 13.8 Å². The Morgan fingerprint density at radius 3 is 2.70 bits per heavy atom. The van der Waals surface area contributed by atoms with E-state index in [2.05, 4.69) is 5.32 Å². The quantitative estimate of drug-likeness (QED) is 0.624. The summed E-state index contributed by atoms with van der Waals surface area (Å²) < 4.78 is 21.3. The third-order valence-corrected chi connectivity index (χ3v) is 5.24. The maximum Gasteiger partial charge on any atom is 0.310 e. The Morgan fingerprint density at radius 1 is 1.10 bits per heavy atom. The van der Waals surface area contributed by atoms with E-state index in [1.54, 1.807) is 12.3 Å². The number of amides is 1. The summed E-state index contributed by atoms with van der Waals surface area (Å²) in [7, 11) is 0. The fourth-order valence-electron chi connectivity index (χ4n) is 3.37. The molecule has 1 aromatic heterocycles. The van der Waals surface area contributed by atoms with Gasteiger partial charge in [-0.15, -0.1) is 0 Å². The number of carbonyl (C=O) groups is 2. The minimum Gasteiger partial charge on any atom is -0.464 e. The van der Waals surface area contributed by atoms with Gasteiger partial charge in [0.05, 0.1) is 18.7 Å². The molecule has 0 radical (unpaired) electrons. The molecule has 30 heavy (non-hydrogen) atoms. The second-order valence-corrected chi connectivity index (χ2v) is 7.43. The van der Waals surface area contributed by atoms with E-state index in [4.69, 9.17) is 18.6 Å². The number of aryl methyl sites for hydroxylation is 2. The number of nitrogens with one attached hydrogen (secondary N) is 1. The molecule has 1 unspecified atom stereocenters. The minimum atomic E-state index is -0.484. The number of hydrogen-bond donors (Lipinski definition) is 1. The molecule has 4 rings (SSSR count). The van der Waals surface area contributed by atoms with Gasteiger partial charge in [0.15, 0.2) is 18.1 Å². The number of fused-ring (bicyclic) bond motifs is 2. The lowest BCUT2D eigenvalue weighted by Crippen LogP contribution is -2.31. The minimum absolute atomic E-state index is 0.0422. The maximum absolute atomic E-state index is 12.2. The summed E-state index contributed by atoms with van der Waals surface area (Å²) in [5, 5.41) is 3.70. The number of benzene rings is 2. The maximum atomic E-state index is 12.2. The van der Waals surface area contributed by atoms with Gasteiger partial charge in [-0.25, -0.2) is 0 Å². The van der Waals surface area contributed by atoms with Crippen molar-refractivity contribution in [1.29, 1.82) is 0 Å². The molecule has 0 fully saturated rings. The van der Waals surface area contributed by atoms with E-state index in [1.165, 1.54) is 0 Å². The molecule has 0 aliphatic carbocycles. The third-order valence-electron chi connectivity index (χ3n) is 5.24. The van der Waals surface area contributed by atoms with Crippen molar-refractivity contribution in [3.8, 4) is 11.5 Å². The van der Waals surface area contributed by atoms with Crippen molar-refractivity contribution in [3.63, 3.8) is 0 Å². The highest BCUT2D eigenvalue weighted by atomic mass is 16.7. The number of esters is 1. The molecular formula is C23H23NO6. The Labute approximate surface area is 173 Å². The Hall–Kier alpha value is -3.48. The second kappa shape index (κ2) is 8.10. The first kappa shape index (κ1) is 19.8. The SMILES string of the molecule is Cc1cc2occ(CC(=O)OCC(=O)NC(C)c3ccc4c(c3)OCO4)c2cc1C. The number of hydrogen-bond acceptors (Lipinski definition) is 6. The van der Waals surface area contributed by atoms with Gasteiger partial charge in [0, 0.05) is 10.9 Å². The van der Waals surface area contributed by atoms with Gasteiger partial charge in [-0.3, -0.25) is 9.59 Å². The second-order valence-electron chi connectivity index (χ2n) is 7.43. The zero-order chi connectivity index (χ0) is 21.3. The Balaban J connectivity index is 1.30. The summed E-state index contributed by atoms with van der Waals surface area (Å²) in [6.45, 7) is 5.71. The lowest BCUT2D eigenvalue weighted by molar-refractivity contribution is -0.148. The summed E-state index contributed by atoms with van der Waals surface area (Å²) in [6.07, 6.45) is 1.60. The standard InChI is InChI=1S/C23H23NO6/c1-13-6-18-17(10-27-20(18)7-14(13)2)9-23(26)28-11-22(25)24-15(3)16-4-5-19-21(8-16)30-12-29-19/h4-8,10,15H,9,11-12H2,1-3H3,(H,24,25). The fraction of sp³-hybridized carbons (Fsp3) is 0.304. The van der Waals surface area contributed by atoms with Crippen LogP contribution in [-0.4, -0.2) is 25.3 Å². The van der Waals surface area contributed by atoms with Crippen LogP contribution >= 0.6 is 0 Å². The first-order valence-electron chi connectivity index (χ1n) is 9.72. The van der Waals surface area contributed by atoms with Crippen LogP contribution in [0.1, 0.15) is 35.2 Å². The number of carbonyl (C=O) groups excluding carboxylic acids is 2. The molecule has 3 aromatic rings. The highest BCUT2D eigenvalue weighted by Gasteiger charge is 2.18. The molecule has 0 bridgehead atoms. The molecule has 1 amide bonds. The van der Waals surface area contributed by atoms with Gasteiger partial charge in [0.2, 0.25) is 6.79 Å². The summed E-state index contributed by atoms with van der Waals surface area (Å²) in [4.78, 5) is 24.4. The summed E-state index contributed by atoms with van der Waals surface area (Å²) in [5.74, 6) is 0.472.